The van der Waals surface area contributed by atoms with E-state index in [4.69, 9.17) is 16.9 Å². The van der Waals surface area contributed by atoms with Gasteiger partial charge in [0.15, 0.2) is 0 Å². The molecule has 1 rings (SSSR count). The molecule has 60 valence electrons. The number of nitriles is 1. The Morgan fingerprint density at radius 3 is 2.58 bits per heavy atom. The minimum Gasteiger partial charge on any atom is -0.193 e. The highest BCUT2D eigenvalue weighted by Crippen LogP contribution is 2.20. The van der Waals surface area contributed by atoms with E-state index in [2.05, 4.69) is 0 Å². The standard InChI is InChI=1S/C9H6ClNS/c10-8-2-4-9(5-3-8)12-7-1-6-11/h1-5,7H/b7-1-. The highest BCUT2D eigenvalue weighted by atomic mass is 35.5. The molecule has 1 aromatic carbocycles. The number of nitrogens with zero attached hydrogens (tertiary/aromatic N) is 1. The van der Waals surface area contributed by atoms with Crippen molar-refractivity contribution in [2.45, 2.75) is 4.90 Å². The first kappa shape index (κ1) is 9.18. The molecule has 12 heavy (non-hydrogen) atoms. The minimum atomic E-state index is 0.726. The first-order valence-corrected chi connectivity index (χ1v) is 4.55. The third-order valence-corrected chi connectivity index (χ3v) is 2.23. The number of hydrogen-bond acceptors (Lipinski definition) is 2. The van der Waals surface area contributed by atoms with Gasteiger partial charge in [-0.05, 0) is 29.7 Å². The highest BCUT2D eigenvalue weighted by molar-refractivity contribution is 8.02. The molecule has 3 heteroatoms. The highest BCUT2D eigenvalue weighted by Gasteiger charge is 1.89. The van der Waals surface area contributed by atoms with Gasteiger partial charge < -0.3 is 0 Å². The molecule has 0 spiro atoms. The SMILES string of the molecule is N#C/C=C\Sc1ccc(Cl)cc1. The molecule has 0 aliphatic carbocycles. The van der Waals surface area contributed by atoms with E-state index in [-0.39, 0.29) is 0 Å². The van der Waals surface area contributed by atoms with Gasteiger partial charge in [0.1, 0.15) is 0 Å². The second kappa shape index (κ2) is 4.87. The van der Waals surface area contributed by atoms with Gasteiger partial charge >= 0.3 is 0 Å². The molecule has 0 fully saturated rings. The average Bonchev–Trinajstić information content (AvgIpc) is 2.09. The third kappa shape index (κ3) is 3.00. The van der Waals surface area contributed by atoms with E-state index in [1.807, 2.05) is 30.3 Å². The fourth-order valence-electron chi connectivity index (χ4n) is 0.656. The maximum Gasteiger partial charge on any atom is 0.0917 e. The van der Waals surface area contributed by atoms with Gasteiger partial charge in [-0.3, -0.25) is 0 Å². The van der Waals surface area contributed by atoms with Crippen LogP contribution in [0, 0.1) is 11.3 Å². The predicted molar refractivity (Wildman–Crippen MR) is 52.1 cm³/mol. The molecule has 0 aliphatic heterocycles. The van der Waals surface area contributed by atoms with Gasteiger partial charge in [-0.25, -0.2) is 0 Å². The monoisotopic (exact) mass is 195 g/mol. The summed E-state index contributed by atoms with van der Waals surface area (Å²) in [7, 11) is 0. The molecule has 1 nitrogen and oxygen atoms in total. The molecule has 0 heterocycles. The van der Waals surface area contributed by atoms with E-state index in [9.17, 15) is 0 Å². The maximum absolute atomic E-state index is 8.22. The van der Waals surface area contributed by atoms with Crippen LogP contribution in [0.15, 0.2) is 40.6 Å². The second-order valence-corrected chi connectivity index (χ2v) is 3.42. The first-order chi connectivity index (χ1) is 5.83. The molecule has 0 aliphatic rings. The van der Waals surface area contributed by atoms with Gasteiger partial charge in [0.05, 0.1) is 6.07 Å². The molecule has 0 bridgehead atoms. The van der Waals surface area contributed by atoms with Gasteiger partial charge in [-0.2, -0.15) is 5.26 Å². The number of halogens is 1. The van der Waals surface area contributed by atoms with Gasteiger partial charge in [0.25, 0.3) is 0 Å². The first-order valence-electron chi connectivity index (χ1n) is 3.30. The second-order valence-electron chi connectivity index (χ2n) is 2.00. The van der Waals surface area contributed by atoms with Crippen molar-refractivity contribution >= 4 is 23.4 Å². The largest absolute Gasteiger partial charge is 0.193 e. The van der Waals surface area contributed by atoms with Crippen LogP contribution in [0.3, 0.4) is 0 Å². The Balaban J connectivity index is 2.60. The third-order valence-electron chi connectivity index (χ3n) is 1.16. The molecule has 0 aromatic heterocycles. The minimum absolute atomic E-state index is 0.726. The molecule has 0 amide bonds. The van der Waals surface area contributed by atoms with Crippen molar-refractivity contribution in [3.05, 3.63) is 40.8 Å². The smallest absolute Gasteiger partial charge is 0.0917 e. The summed E-state index contributed by atoms with van der Waals surface area (Å²) in [4.78, 5) is 1.07. The molecular weight excluding hydrogens is 190 g/mol. The quantitative estimate of drug-likeness (QED) is 0.533. The van der Waals surface area contributed by atoms with Crippen LogP contribution in [-0.2, 0) is 0 Å². The summed E-state index contributed by atoms with van der Waals surface area (Å²) in [6.45, 7) is 0. The lowest BCUT2D eigenvalue weighted by Gasteiger charge is -1.93. The van der Waals surface area contributed by atoms with Crippen LogP contribution in [0.25, 0.3) is 0 Å². The zero-order valence-corrected chi connectivity index (χ0v) is 7.77. The van der Waals surface area contributed by atoms with E-state index in [1.54, 1.807) is 5.41 Å². The molecule has 0 saturated carbocycles. The zero-order chi connectivity index (χ0) is 8.81. The number of benzene rings is 1. The number of allylic oxidation sites excluding steroid dienone is 1. The van der Waals surface area contributed by atoms with Crippen LogP contribution < -0.4 is 0 Å². The van der Waals surface area contributed by atoms with Crippen LogP contribution in [0.1, 0.15) is 0 Å². The normalized spacial score (nSPS) is 10.0. The zero-order valence-electron chi connectivity index (χ0n) is 6.20. The van der Waals surface area contributed by atoms with E-state index in [0.717, 1.165) is 9.92 Å². The summed E-state index contributed by atoms with van der Waals surface area (Å²) in [5, 5.41) is 10.7. The van der Waals surface area contributed by atoms with Gasteiger partial charge in [0.2, 0.25) is 0 Å². The lowest BCUT2D eigenvalue weighted by Crippen LogP contribution is -1.66. The van der Waals surface area contributed by atoms with E-state index < -0.39 is 0 Å². The molecule has 0 radical (unpaired) electrons. The lowest BCUT2D eigenvalue weighted by molar-refractivity contribution is 1.47. The summed E-state index contributed by atoms with van der Waals surface area (Å²) in [6, 6.07) is 9.39. The number of rotatable bonds is 2. The Kier molecular flexibility index (Phi) is 3.72. The summed E-state index contributed by atoms with van der Waals surface area (Å²) < 4.78 is 0. The summed E-state index contributed by atoms with van der Waals surface area (Å²) in [5.74, 6) is 0. The molecule has 0 atom stereocenters. The average molecular weight is 196 g/mol. The van der Waals surface area contributed by atoms with Crippen LogP contribution in [0.5, 0.6) is 0 Å². The van der Waals surface area contributed by atoms with E-state index in [0.29, 0.717) is 0 Å². The fourth-order valence-corrected chi connectivity index (χ4v) is 1.36. The van der Waals surface area contributed by atoms with Crippen LogP contribution in [0.4, 0.5) is 0 Å². The number of hydrogen-bond donors (Lipinski definition) is 0. The van der Waals surface area contributed by atoms with Gasteiger partial charge in [0, 0.05) is 16.0 Å². The lowest BCUT2D eigenvalue weighted by atomic mass is 10.4. The van der Waals surface area contributed by atoms with Crippen molar-refractivity contribution in [3.63, 3.8) is 0 Å². The van der Waals surface area contributed by atoms with Crippen molar-refractivity contribution in [1.29, 1.82) is 5.26 Å². The van der Waals surface area contributed by atoms with Crippen LogP contribution in [0.2, 0.25) is 5.02 Å². The Morgan fingerprint density at radius 1 is 1.33 bits per heavy atom. The molecular formula is C9H6ClNS. The Labute approximate surface area is 80.7 Å². The molecule has 0 saturated heterocycles. The van der Waals surface area contributed by atoms with Gasteiger partial charge in [-0.15, -0.1) is 0 Å². The Morgan fingerprint density at radius 2 is 2.00 bits per heavy atom. The van der Waals surface area contributed by atoms with Gasteiger partial charge in [-0.1, -0.05) is 23.4 Å². The van der Waals surface area contributed by atoms with Crippen LogP contribution in [-0.4, -0.2) is 0 Å². The Hall–Kier alpha value is -0.910. The van der Waals surface area contributed by atoms with Crippen molar-refractivity contribution in [2.75, 3.05) is 0 Å². The van der Waals surface area contributed by atoms with Crippen LogP contribution >= 0.6 is 23.4 Å². The van der Waals surface area contributed by atoms with E-state index in [1.165, 1.54) is 17.8 Å². The van der Waals surface area contributed by atoms with Crippen molar-refractivity contribution < 1.29 is 0 Å². The van der Waals surface area contributed by atoms with Crippen molar-refractivity contribution in [3.8, 4) is 6.07 Å². The Bertz CT molecular complexity index is 310. The van der Waals surface area contributed by atoms with Crippen molar-refractivity contribution in [1.82, 2.24) is 0 Å². The molecule has 0 N–H and O–H groups in total. The molecule has 1 aromatic rings. The van der Waals surface area contributed by atoms with Crippen molar-refractivity contribution in [2.24, 2.45) is 0 Å². The summed E-state index contributed by atoms with van der Waals surface area (Å²) in [5.41, 5.74) is 0. The summed E-state index contributed by atoms with van der Waals surface area (Å²) >= 11 is 7.19. The number of thioether (sulfide) groups is 1. The summed E-state index contributed by atoms with van der Waals surface area (Å²) in [6.07, 6.45) is 1.44. The topological polar surface area (TPSA) is 23.8 Å². The maximum atomic E-state index is 8.22. The molecule has 0 unspecified atom stereocenters. The predicted octanol–water partition coefficient (Wildman–Crippen LogP) is 3.47. The van der Waals surface area contributed by atoms with E-state index >= 15 is 0 Å². The fraction of sp³-hybridized carbons (Fsp3) is 0.